The minimum Gasteiger partial charge on any atom is -0.392 e. The number of ether oxygens (including phenoxy) is 3. The molecular weight excluding hydrogens is 464 g/mol. The Morgan fingerprint density at radius 3 is 2.46 bits per heavy atom. The lowest BCUT2D eigenvalue weighted by Gasteiger charge is -2.38. The topological polar surface area (TPSA) is 77.2 Å². The first-order valence-electron chi connectivity index (χ1n) is 13.3. The Kier molecular flexibility index (Phi) is 8.66. The van der Waals surface area contributed by atoms with Gasteiger partial charge in [-0.25, -0.2) is 0 Å². The molecule has 0 radical (unpaired) electrons. The third kappa shape index (κ3) is 6.12. The van der Waals surface area contributed by atoms with Gasteiger partial charge in [0.15, 0.2) is 6.29 Å². The van der Waals surface area contributed by atoms with Crippen LogP contribution in [0, 0.1) is 0 Å². The van der Waals surface area contributed by atoms with Crippen LogP contribution in [0.1, 0.15) is 53.9 Å². The molecule has 0 spiro atoms. The zero-order valence-electron chi connectivity index (χ0n) is 21.6. The summed E-state index contributed by atoms with van der Waals surface area (Å²) >= 11 is 0. The number of methoxy groups -OCH3 is 1. The molecule has 0 amide bonds. The molecule has 0 aliphatic carbocycles. The summed E-state index contributed by atoms with van der Waals surface area (Å²) < 4.78 is 18.6. The quantitative estimate of drug-likeness (QED) is 0.431. The summed E-state index contributed by atoms with van der Waals surface area (Å²) in [4.78, 5) is 2.51. The Morgan fingerprint density at radius 1 is 0.973 bits per heavy atom. The maximum Gasteiger partial charge on any atom is 0.184 e. The van der Waals surface area contributed by atoms with Gasteiger partial charge in [0.25, 0.3) is 0 Å². The summed E-state index contributed by atoms with van der Waals surface area (Å²) in [7, 11) is 1.78. The minimum absolute atomic E-state index is 0.0373. The van der Waals surface area contributed by atoms with Crippen molar-refractivity contribution in [3.05, 3.63) is 95.1 Å². The Bertz CT molecular complexity index is 1130. The van der Waals surface area contributed by atoms with Gasteiger partial charge in [0.05, 0.1) is 25.4 Å². The van der Waals surface area contributed by atoms with Crippen LogP contribution in [0.15, 0.2) is 72.8 Å². The van der Waals surface area contributed by atoms with Crippen LogP contribution in [0.4, 0.5) is 0 Å². The standard InChI is InChI=1S/C31H38N2O4/c1-35-21-27-6-4-16-33(27)19-28-17-30(24-10-8-22(20-34)9-11-24)37-31(36-28)25-14-12-23(13-15-25)29-7-3-2-5-26(29)18-32/h2-3,5,7-15,27-28,30-31,34H,4,6,16-21,32H2,1H3. The molecule has 0 aromatic heterocycles. The van der Waals surface area contributed by atoms with E-state index in [1.165, 1.54) is 6.42 Å². The maximum atomic E-state index is 9.46. The van der Waals surface area contributed by atoms with Crippen LogP contribution >= 0.6 is 0 Å². The lowest BCUT2D eigenvalue weighted by atomic mass is 9.97. The van der Waals surface area contributed by atoms with Gasteiger partial charge >= 0.3 is 0 Å². The predicted octanol–water partition coefficient (Wildman–Crippen LogP) is 4.96. The fourth-order valence-electron chi connectivity index (χ4n) is 5.61. The molecule has 6 nitrogen and oxygen atoms in total. The van der Waals surface area contributed by atoms with Gasteiger partial charge in [-0.05, 0) is 47.2 Å². The van der Waals surface area contributed by atoms with E-state index in [4.69, 9.17) is 19.9 Å². The number of nitrogens with zero attached hydrogens (tertiary/aromatic N) is 1. The van der Waals surface area contributed by atoms with E-state index in [1.54, 1.807) is 7.11 Å². The van der Waals surface area contributed by atoms with E-state index in [1.807, 2.05) is 24.3 Å². The van der Waals surface area contributed by atoms with E-state index >= 15 is 0 Å². The third-order valence-electron chi connectivity index (χ3n) is 7.64. The monoisotopic (exact) mass is 502 g/mol. The van der Waals surface area contributed by atoms with Gasteiger partial charge in [-0.1, -0.05) is 72.8 Å². The Hall–Kier alpha value is -2.58. The Balaban J connectivity index is 1.38. The van der Waals surface area contributed by atoms with Gasteiger partial charge in [-0.3, -0.25) is 4.90 Å². The molecule has 2 heterocycles. The smallest absolute Gasteiger partial charge is 0.184 e. The molecular formula is C31H38N2O4. The average molecular weight is 503 g/mol. The molecule has 4 unspecified atom stereocenters. The average Bonchev–Trinajstić information content (AvgIpc) is 3.39. The number of hydrogen-bond donors (Lipinski definition) is 2. The highest BCUT2D eigenvalue weighted by Gasteiger charge is 2.35. The summed E-state index contributed by atoms with van der Waals surface area (Å²) in [6.07, 6.45) is 2.64. The van der Waals surface area contributed by atoms with Crippen molar-refractivity contribution >= 4 is 0 Å². The number of aliphatic hydroxyl groups excluding tert-OH is 1. The van der Waals surface area contributed by atoms with Crippen LogP contribution < -0.4 is 5.73 Å². The number of aliphatic hydroxyl groups is 1. The van der Waals surface area contributed by atoms with Gasteiger partial charge in [-0.2, -0.15) is 0 Å². The normalized spacial score (nSPS) is 24.4. The molecule has 0 saturated carbocycles. The van der Waals surface area contributed by atoms with E-state index < -0.39 is 6.29 Å². The largest absolute Gasteiger partial charge is 0.392 e. The predicted molar refractivity (Wildman–Crippen MR) is 145 cm³/mol. The van der Waals surface area contributed by atoms with Crippen molar-refractivity contribution < 1.29 is 19.3 Å². The van der Waals surface area contributed by atoms with Crippen molar-refractivity contribution in [3.8, 4) is 11.1 Å². The lowest BCUT2D eigenvalue weighted by molar-refractivity contribution is -0.253. The molecule has 4 atom stereocenters. The summed E-state index contributed by atoms with van der Waals surface area (Å²) in [5, 5.41) is 9.46. The SMILES string of the molecule is COCC1CCCN1CC1CC(c2ccc(CO)cc2)OC(c2ccc(-c3ccccc3CN)cc2)O1. The van der Waals surface area contributed by atoms with Gasteiger partial charge in [0.1, 0.15) is 0 Å². The van der Waals surface area contributed by atoms with E-state index in [0.717, 1.165) is 65.9 Å². The second-order valence-electron chi connectivity index (χ2n) is 10.1. The van der Waals surface area contributed by atoms with Crippen LogP contribution in [0.3, 0.4) is 0 Å². The van der Waals surface area contributed by atoms with Crippen molar-refractivity contribution in [2.45, 2.75) is 57.0 Å². The number of likely N-dealkylation sites (tertiary alicyclic amines) is 1. The maximum absolute atomic E-state index is 9.46. The van der Waals surface area contributed by atoms with Crippen molar-refractivity contribution in [1.29, 1.82) is 0 Å². The first kappa shape index (κ1) is 26.0. The van der Waals surface area contributed by atoms with Crippen LogP contribution in [0.25, 0.3) is 11.1 Å². The van der Waals surface area contributed by atoms with Crippen LogP contribution in [0.5, 0.6) is 0 Å². The van der Waals surface area contributed by atoms with Gasteiger partial charge in [-0.15, -0.1) is 0 Å². The fraction of sp³-hybridized carbons (Fsp3) is 0.419. The molecule has 2 saturated heterocycles. The Labute approximate surface area is 220 Å². The van der Waals surface area contributed by atoms with E-state index in [0.29, 0.717) is 12.6 Å². The van der Waals surface area contributed by atoms with E-state index in [9.17, 15) is 5.11 Å². The molecule has 3 aromatic rings. The van der Waals surface area contributed by atoms with Gasteiger partial charge < -0.3 is 25.1 Å². The van der Waals surface area contributed by atoms with Crippen molar-refractivity contribution in [2.24, 2.45) is 5.73 Å². The molecule has 0 bridgehead atoms. The van der Waals surface area contributed by atoms with Crippen LogP contribution in [0.2, 0.25) is 0 Å². The second-order valence-corrected chi connectivity index (χ2v) is 10.1. The highest BCUT2D eigenvalue weighted by molar-refractivity contribution is 5.67. The highest BCUT2D eigenvalue weighted by Crippen LogP contribution is 2.39. The Morgan fingerprint density at radius 2 is 1.73 bits per heavy atom. The molecule has 2 aliphatic rings. The summed E-state index contributed by atoms with van der Waals surface area (Å²) in [6, 6.07) is 25.2. The number of benzene rings is 3. The summed E-state index contributed by atoms with van der Waals surface area (Å²) in [5.41, 5.74) is 12.4. The third-order valence-corrected chi connectivity index (χ3v) is 7.64. The number of rotatable bonds is 9. The molecule has 37 heavy (non-hydrogen) atoms. The molecule has 2 aliphatic heterocycles. The summed E-state index contributed by atoms with van der Waals surface area (Å²) in [6.45, 7) is 3.23. The molecule has 196 valence electrons. The zero-order valence-corrected chi connectivity index (χ0v) is 21.6. The van der Waals surface area contributed by atoms with Crippen molar-refractivity contribution in [2.75, 3.05) is 26.8 Å². The van der Waals surface area contributed by atoms with E-state index in [-0.39, 0.29) is 18.8 Å². The number of nitrogens with two attached hydrogens (primary N) is 1. The zero-order chi connectivity index (χ0) is 25.6. The first-order chi connectivity index (χ1) is 18.2. The number of hydrogen-bond acceptors (Lipinski definition) is 6. The molecule has 3 aromatic carbocycles. The van der Waals surface area contributed by atoms with Crippen LogP contribution in [-0.2, 0) is 27.4 Å². The molecule has 5 rings (SSSR count). The van der Waals surface area contributed by atoms with Crippen molar-refractivity contribution in [1.82, 2.24) is 4.90 Å². The highest BCUT2D eigenvalue weighted by atomic mass is 16.7. The lowest BCUT2D eigenvalue weighted by Crippen LogP contribution is -2.42. The summed E-state index contributed by atoms with van der Waals surface area (Å²) in [5.74, 6) is 0. The fourth-order valence-corrected chi connectivity index (χ4v) is 5.61. The molecule has 2 fully saturated rings. The van der Waals surface area contributed by atoms with Crippen molar-refractivity contribution in [3.63, 3.8) is 0 Å². The van der Waals surface area contributed by atoms with Gasteiger partial charge in [0, 0.05) is 38.2 Å². The first-order valence-corrected chi connectivity index (χ1v) is 13.3. The molecule has 3 N–H and O–H groups in total. The van der Waals surface area contributed by atoms with Crippen LogP contribution in [-0.4, -0.2) is 49.0 Å². The van der Waals surface area contributed by atoms with Gasteiger partial charge in [0.2, 0.25) is 0 Å². The molecule has 6 heteroatoms. The second kappa shape index (κ2) is 12.3. The van der Waals surface area contributed by atoms with E-state index in [2.05, 4.69) is 53.4 Å². The minimum atomic E-state index is -0.455.